The number of amides is 1. The summed E-state index contributed by atoms with van der Waals surface area (Å²) in [6.45, 7) is 5.39. The molecule has 1 saturated heterocycles. The van der Waals surface area contributed by atoms with E-state index in [1.54, 1.807) is 12.0 Å². The highest BCUT2D eigenvalue weighted by Crippen LogP contribution is 2.28. The maximum Gasteiger partial charge on any atom is 0.243 e. The molecule has 2 fully saturated rings. The minimum absolute atomic E-state index is 0.0425. The summed E-state index contributed by atoms with van der Waals surface area (Å²) in [6, 6.07) is 6.17. The number of methoxy groups -OCH3 is 1. The van der Waals surface area contributed by atoms with Crippen LogP contribution in [0.2, 0.25) is 0 Å². The fraction of sp³-hybridized carbons (Fsp3) is 0.579. The lowest BCUT2D eigenvalue weighted by atomic mass is 10.0. The minimum atomic E-state index is 0.0425. The summed E-state index contributed by atoms with van der Waals surface area (Å²) in [5.74, 6) is 1.16. The lowest BCUT2D eigenvalue weighted by Crippen LogP contribution is -3.11. The zero-order valence-electron chi connectivity index (χ0n) is 14.7. The zero-order valence-corrected chi connectivity index (χ0v) is 14.7. The zero-order chi connectivity index (χ0) is 16.9. The Morgan fingerprint density at radius 3 is 2.71 bits per heavy atom. The molecule has 0 aromatic heterocycles. The molecule has 1 aliphatic carbocycles. The van der Waals surface area contributed by atoms with Gasteiger partial charge in [-0.1, -0.05) is 0 Å². The quantitative estimate of drug-likeness (QED) is 0.614. The summed E-state index contributed by atoms with van der Waals surface area (Å²) in [6.07, 6.45) is 5.96. The number of piperidine rings is 1. The van der Waals surface area contributed by atoms with Crippen LogP contribution < -0.4 is 15.1 Å². The molecule has 1 aromatic rings. The Bertz CT molecular complexity index is 617. The lowest BCUT2D eigenvalue weighted by Gasteiger charge is -2.24. The Morgan fingerprint density at radius 1 is 1.29 bits per heavy atom. The van der Waals surface area contributed by atoms with Crippen LogP contribution in [0, 0.1) is 5.92 Å². The van der Waals surface area contributed by atoms with Gasteiger partial charge in [0, 0.05) is 11.5 Å². The summed E-state index contributed by atoms with van der Waals surface area (Å²) < 4.78 is 5.54. The number of carbonyl (C=O) groups is 1. The van der Waals surface area contributed by atoms with Gasteiger partial charge in [0.2, 0.25) is 5.91 Å². The van der Waals surface area contributed by atoms with Crippen LogP contribution in [-0.4, -0.2) is 31.8 Å². The van der Waals surface area contributed by atoms with Gasteiger partial charge in [-0.2, -0.15) is 5.10 Å². The summed E-state index contributed by atoms with van der Waals surface area (Å²) in [4.78, 5) is 13.3. The van der Waals surface area contributed by atoms with E-state index in [-0.39, 0.29) is 11.8 Å². The number of hydrogen-bond acceptors (Lipinski definition) is 3. The fourth-order valence-corrected chi connectivity index (χ4v) is 3.28. The van der Waals surface area contributed by atoms with Crippen LogP contribution in [0.1, 0.15) is 50.2 Å². The van der Waals surface area contributed by atoms with E-state index in [4.69, 9.17) is 4.74 Å². The number of hydrazone groups is 1. The number of rotatable bonds is 6. The lowest BCUT2D eigenvalue weighted by molar-refractivity contribution is -0.918. The van der Waals surface area contributed by atoms with Gasteiger partial charge in [-0.25, -0.2) is 5.43 Å². The molecule has 2 aliphatic rings. The second-order valence-electron chi connectivity index (χ2n) is 6.96. The molecule has 1 heterocycles. The van der Waals surface area contributed by atoms with Gasteiger partial charge < -0.3 is 9.64 Å². The van der Waals surface area contributed by atoms with E-state index in [0.717, 1.165) is 36.4 Å². The van der Waals surface area contributed by atoms with E-state index in [1.165, 1.54) is 37.9 Å². The number of nitrogens with zero attached hydrogens (tertiary/aromatic N) is 1. The first kappa shape index (κ1) is 17.0. The van der Waals surface area contributed by atoms with Crippen LogP contribution in [0.5, 0.6) is 5.75 Å². The summed E-state index contributed by atoms with van der Waals surface area (Å²) in [7, 11) is 1.72. The third-order valence-corrected chi connectivity index (χ3v) is 4.98. The van der Waals surface area contributed by atoms with Crippen molar-refractivity contribution in [2.24, 2.45) is 11.0 Å². The van der Waals surface area contributed by atoms with Gasteiger partial charge >= 0.3 is 0 Å². The number of quaternary nitrogens is 1. The molecule has 0 unspecified atom stereocenters. The summed E-state index contributed by atoms with van der Waals surface area (Å²) >= 11 is 0. The first-order valence-corrected chi connectivity index (χ1v) is 9.02. The van der Waals surface area contributed by atoms with Crippen molar-refractivity contribution in [3.8, 4) is 5.75 Å². The maximum atomic E-state index is 11.7. The van der Waals surface area contributed by atoms with E-state index in [0.29, 0.717) is 0 Å². The van der Waals surface area contributed by atoms with Crippen LogP contribution in [0.4, 0.5) is 0 Å². The third kappa shape index (κ3) is 4.35. The topological polar surface area (TPSA) is 55.1 Å². The molecule has 0 bridgehead atoms. The molecular weight excluding hydrogens is 302 g/mol. The molecule has 1 amide bonds. The minimum Gasteiger partial charge on any atom is -0.496 e. The van der Waals surface area contributed by atoms with E-state index in [2.05, 4.69) is 16.6 Å². The van der Waals surface area contributed by atoms with Crippen molar-refractivity contribution in [1.82, 2.24) is 5.43 Å². The molecular formula is C19H28N3O2+. The highest BCUT2D eigenvalue weighted by atomic mass is 16.5. The first-order chi connectivity index (χ1) is 11.7. The van der Waals surface area contributed by atoms with Crippen LogP contribution in [-0.2, 0) is 11.3 Å². The van der Waals surface area contributed by atoms with E-state index < -0.39 is 0 Å². The molecule has 3 rings (SSSR count). The third-order valence-electron chi connectivity index (χ3n) is 4.98. The number of carbonyl (C=O) groups excluding carboxylic acids is 1. The molecule has 0 atom stereocenters. The van der Waals surface area contributed by atoms with Crippen molar-refractivity contribution < 1.29 is 14.4 Å². The average Bonchev–Trinajstić information content (AvgIpc) is 3.45. The first-order valence-electron chi connectivity index (χ1n) is 9.02. The normalized spacial score (nSPS) is 19.2. The van der Waals surface area contributed by atoms with Crippen molar-refractivity contribution in [3.05, 3.63) is 29.3 Å². The van der Waals surface area contributed by atoms with Crippen LogP contribution >= 0.6 is 0 Å². The molecule has 5 nitrogen and oxygen atoms in total. The van der Waals surface area contributed by atoms with E-state index >= 15 is 0 Å². The van der Waals surface area contributed by atoms with Gasteiger partial charge in [-0.15, -0.1) is 0 Å². The van der Waals surface area contributed by atoms with Crippen molar-refractivity contribution in [2.45, 2.75) is 45.6 Å². The molecule has 0 spiro atoms. The SMILES string of the molecule is COc1ccc(/C(C)=N\NC(=O)C2CC2)cc1C[NH+]1CCCCC1. The number of benzene rings is 1. The maximum absolute atomic E-state index is 11.7. The molecule has 2 N–H and O–H groups in total. The highest BCUT2D eigenvalue weighted by molar-refractivity contribution is 5.99. The van der Waals surface area contributed by atoms with E-state index in [9.17, 15) is 4.79 Å². The second kappa shape index (κ2) is 7.79. The van der Waals surface area contributed by atoms with Crippen molar-refractivity contribution in [3.63, 3.8) is 0 Å². The van der Waals surface area contributed by atoms with Crippen LogP contribution in [0.3, 0.4) is 0 Å². The molecule has 5 heteroatoms. The predicted octanol–water partition coefficient (Wildman–Crippen LogP) is 1.51. The summed E-state index contributed by atoms with van der Waals surface area (Å²) in [5.41, 5.74) is 5.78. The smallest absolute Gasteiger partial charge is 0.243 e. The Labute approximate surface area is 144 Å². The van der Waals surface area contributed by atoms with Crippen LogP contribution in [0.25, 0.3) is 0 Å². The highest BCUT2D eigenvalue weighted by Gasteiger charge is 2.29. The Kier molecular flexibility index (Phi) is 5.51. The summed E-state index contributed by atoms with van der Waals surface area (Å²) in [5, 5.41) is 4.27. The van der Waals surface area contributed by atoms with Gasteiger partial charge in [-0.05, 0) is 62.8 Å². The Hall–Kier alpha value is -1.88. The molecule has 1 aromatic carbocycles. The fourth-order valence-electron chi connectivity index (χ4n) is 3.28. The van der Waals surface area contributed by atoms with E-state index in [1.807, 2.05) is 19.1 Å². The van der Waals surface area contributed by atoms with Gasteiger partial charge in [0.05, 0.1) is 25.9 Å². The molecule has 1 aliphatic heterocycles. The number of nitrogens with one attached hydrogen (secondary N) is 2. The van der Waals surface area contributed by atoms with Crippen LogP contribution in [0.15, 0.2) is 23.3 Å². The van der Waals surface area contributed by atoms with Gasteiger partial charge in [0.15, 0.2) is 0 Å². The monoisotopic (exact) mass is 330 g/mol. The molecule has 130 valence electrons. The predicted molar refractivity (Wildman–Crippen MR) is 94.3 cm³/mol. The Balaban J connectivity index is 1.71. The number of hydrogen-bond donors (Lipinski definition) is 2. The van der Waals surface area contributed by atoms with Crippen molar-refractivity contribution >= 4 is 11.6 Å². The van der Waals surface area contributed by atoms with Gasteiger partial charge in [0.1, 0.15) is 12.3 Å². The van der Waals surface area contributed by atoms with Gasteiger partial charge in [-0.3, -0.25) is 4.79 Å². The molecule has 1 saturated carbocycles. The number of likely N-dealkylation sites (tertiary alicyclic amines) is 1. The average molecular weight is 330 g/mol. The second-order valence-corrected chi connectivity index (χ2v) is 6.96. The largest absolute Gasteiger partial charge is 0.496 e. The van der Waals surface area contributed by atoms with Gasteiger partial charge in [0.25, 0.3) is 0 Å². The molecule has 24 heavy (non-hydrogen) atoms. The van der Waals surface area contributed by atoms with Crippen molar-refractivity contribution in [2.75, 3.05) is 20.2 Å². The van der Waals surface area contributed by atoms with Crippen molar-refractivity contribution in [1.29, 1.82) is 0 Å². The standard InChI is InChI=1S/C19H27N3O2/c1-14(20-21-19(23)15-6-7-15)16-8-9-18(24-2)17(12-16)13-22-10-4-3-5-11-22/h8-9,12,15H,3-7,10-11,13H2,1-2H3,(H,21,23)/p+1/b20-14-. The number of ether oxygens (including phenoxy) is 1. The molecule has 0 radical (unpaired) electrons. The Morgan fingerprint density at radius 2 is 2.04 bits per heavy atom.